The minimum atomic E-state index is -0.685. The number of benzene rings is 2. The average Bonchev–Trinajstić information content (AvgIpc) is 2.82. The molecular formula is C29H39NO4. The molecule has 1 unspecified atom stereocenters. The number of hydrogen-bond donors (Lipinski definition) is 4. The standard InChI is InChI=1S/C29H39NO4/c31-19-25-14-24(3-6-27(25)32)28(33)18-30-9-7-20-1-4-26(5-2-20)34-10-8-29-15-21-11-22(16-29)13-23(12-21)17-29/h1-6,14,21-23,28,30-33H,7-13,15-19H2. The molecule has 34 heavy (non-hydrogen) atoms. The van der Waals surface area contributed by atoms with Gasteiger partial charge in [0.25, 0.3) is 0 Å². The smallest absolute Gasteiger partial charge is 0.121 e. The third kappa shape index (κ3) is 5.42. The Morgan fingerprint density at radius 1 is 0.971 bits per heavy atom. The Labute approximate surface area is 203 Å². The summed E-state index contributed by atoms with van der Waals surface area (Å²) in [6.07, 6.45) is 10.2. The molecule has 4 N–H and O–H groups in total. The monoisotopic (exact) mass is 465 g/mol. The summed E-state index contributed by atoms with van der Waals surface area (Å²) in [7, 11) is 0. The fourth-order valence-electron chi connectivity index (χ4n) is 7.26. The van der Waals surface area contributed by atoms with Crippen LogP contribution in [0.15, 0.2) is 42.5 Å². The van der Waals surface area contributed by atoms with Crippen LogP contribution in [0.2, 0.25) is 0 Å². The van der Waals surface area contributed by atoms with Gasteiger partial charge in [-0.1, -0.05) is 18.2 Å². The summed E-state index contributed by atoms with van der Waals surface area (Å²) in [4.78, 5) is 0. The van der Waals surface area contributed by atoms with Gasteiger partial charge in [0, 0.05) is 12.1 Å². The fraction of sp³-hybridized carbons (Fsp3) is 0.586. The molecule has 4 bridgehead atoms. The van der Waals surface area contributed by atoms with Crippen LogP contribution in [0.5, 0.6) is 11.5 Å². The Balaban J connectivity index is 1.02. The van der Waals surface area contributed by atoms with Gasteiger partial charge in [0.05, 0.1) is 19.3 Å². The molecule has 0 saturated heterocycles. The first kappa shape index (κ1) is 23.7. The van der Waals surface area contributed by atoms with Gasteiger partial charge in [-0.25, -0.2) is 0 Å². The van der Waals surface area contributed by atoms with Gasteiger partial charge in [-0.05, 0) is 116 Å². The van der Waals surface area contributed by atoms with Crippen LogP contribution in [0.1, 0.15) is 67.7 Å². The normalized spacial score (nSPS) is 28.2. The Bertz CT molecular complexity index is 922. The lowest BCUT2D eigenvalue weighted by atomic mass is 9.49. The zero-order valence-electron chi connectivity index (χ0n) is 20.1. The van der Waals surface area contributed by atoms with Gasteiger partial charge >= 0.3 is 0 Å². The predicted octanol–water partition coefficient (Wildman–Crippen LogP) is 4.74. The molecule has 0 spiro atoms. The van der Waals surface area contributed by atoms with Crippen LogP contribution in [-0.2, 0) is 13.0 Å². The van der Waals surface area contributed by atoms with Crippen LogP contribution in [0.25, 0.3) is 0 Å². The molecule has 0 amide bonds. The van der Waals surface area contributed by atoms with E-state index in [1.807, 2.05) is 0 Å². The largest absolute Gasteiger partial charge is 0.508 e. The van der Waals surface area contributed by atoms with E-state index in [9.17, 15) is 15.3 Å². The van der Waals surface area contributed by atoms with Crippen LogP contribution in [-0.4, -0.2) is 35.0 Å². The molecule has 0 aliphatic heterocycles. The SMILES string of the molecule is OCc1cc(C(O)CNCCc2ccc(OCCC34CC5CC(CC(C5)C3)C4)cc2)ccc1O. The minimum absolute atomic E-state index is 0.0478. The van der Waals surface area contributed by atoms with E-state index in [-0.39, 0.29) is 12.4 Å². The van der Waals surface area contributed by atoms with Crippen molar-refractivity contribution in [3.8, 4) is 11.5 Å². The van der Waals surface area contributed by atoms with E-state index in [2.05, 4.69) is 29.6 Å². The van der Waals surface area contributed by atoms with Gasteiger partial charge in [0.15, 0.2) is 0 Å². The van der Waals surface area contributed by atoms with Gasteiger partial charge < -0.3 is 25.4 Å². The molecular weight excluding hydrogens is 426 g/mol. The van der Waals surface area contributed by atoms with E-state index in [0.717, 1.165) is 43.1 Å². The second-order valence-electron chi connectivity index (χ2n) is 11.2. The highest BCUT2D eigenvalue weighted by atomic mass is 16.5. The minimum Gasteiger partial charge on any atom is -0.508 e. The van der Waals surface area contributed by atoms with Crippen LogP contribution in [0.4, 0.5) is 0 Å². The Hall–Kier alpha value is -2.08. The number of phenols is 1. The van der Waals surface area contributed by atoms with Crippen LogP contribution in [0.3, 0.4) is 0 Å². The number of aliphatic hydroxyl groups is 2. The maximum absolute atomic E-state index is 10.4. The highest BCUT2D eigenvalue weighted by Gasteiger charge is 2.50. The molecule has 6 rings (SSSR count). The zero-order valence-corrected chi connectivity index (χ0v) is 20.1. The maximum Gasteiger partial charge on any atom is 0.121 e. The van der Waals surface area contributed by atoms with Gasteiger partial charge in [-0.3, -0.25) is 0 Å². The lowest BCUT2D eigenvalue weighted by molar-refractivity contribution is -0.0622. The number of aliphatic hydroxyl groups excluding tert-OH is 2. The first-order chi connectivity index (χ1) is 16.5. The first-order valence-corrected chi connectivity index (χ1v) is 13.0. The maximum atomic E-state index is 10.4. The van der Waals surface area contributed by atoms with Gasteiger partial charge in [0.1, 0.15) is 11.5 Å². The van der Waals surface area contributed by atoms with E-state index in [1.165, 1.54) is 56.6 Å². The molecule has 0 aromatic heterocycles. The topological polar surface area (TPSA) is 82.0 Å². The quantitative estimate of drug-likeness (QED) is 0.361. The fourth-order valence-corrected chi connectivity index (χ4v) is 7.26. The van der Waals surface area contributed by atoms with Crippen molar-refractivity contribution in [2.24, 2.45) is 23.2 Å². The van der Waals surface area contributed by atoms with E-state index in [4.69, 9.17) is 4.74 Å². The highest BCUT2D eigenvalue weighted by Crippen LogP contribution is 2.61. The molecule has 4 aliphatic carbocycles. The number of ether oxygens (including phenoxy) is 1. The van der Waals surface area contributed by atoms with Crippen molar-refractivity contribution in [1.82, 2.24) is 5.32 Å². The van der Waals surface area contributed by atoms with Crippen LogP contribution in [0, 0.1) is 23.2 Å². The summed E-state index contributed by atoms with van der Waals surface area (Å²) >= 11 is 0. The lowest BCUT2D eigenvalue weighted by Gasteiger charge is -2.57. The van der Waals surface area contributed by atoms with E-state index in [0.29, 0.717) is 23.1 Å². The molecule has 0 heterocycles. The summed E-state index contributed by atoms with van der Waals surface area (Å²) in [5.74, 6) is 4.01. The Morgan fingerprint density at radius 3 is 2.29 bits per heavy atom. The molecule has 5 nitrogen and oxygen atoms in total. The van der Waals surface area contributed by atoms with E-state index in [1.54, 1.807) is 12.1 Å². The van der Waals surface area contributed by atoms with Crippen LogP contribution < -0.4 is 10.1 Å². The molecule has 0 radical (unpaired) electrons. The predicted molar refractivity (Wildman–Crippen MR) is 133 cm³/mol. The molecule has 2 aromatic carbocycles. The molecule has 1 atom stereocenters. The van der Waals surface area contributed by atoms with Crippen molar-refractivity contribution < 1.29 is 20.1 Å². The van der Waals surface area contributed by atoms with Crippen molar-refractivity contribution in [3.63, 3.8) is 0 Å². The second-order valence-corrected chi connectivity index (χ2v) is 11.2. The Morgan fingerprint density at radius 2 is 1.65 bits per heavy atom. The van der Waals surface area contributed by atoms with Gasteiger partial charge in [0.2, 0.25) is 0 Å². The van der Waals surface area contributed by atoms with Gasteiger partial charge in [-0.15, -0.1) is 0 Å². The lowest BCUT2D eigenvalue weighted by Crippen LogP contribution is -2.46. The summed E-state index contributed by atoms with van der Waals surface area (Å²) in [6.45, 7) is 1.76. The van der Waals surface area contributed by atoms with Crippen molar-refractivity contribution in [2.45, 2.75) is 64.1 Å². The summed E-state index contributed by atoms with van der Waals surface area (Å²) in [5.41, 5.74) is 2.92. The molecule has 4 saturated carbocycles. The number of nitrogens with one attached hydrogen (secondary N) is 1. The molecule has 5 heteroatoms. The summed E-state index contributed by atoms with van der Waals surface area (Å²) < 4.78 is 6.15. The molecule has 4 fully saturated rings. The van der Waals surface area contributed by atoms with Crippen molar-refractivity contribution in [3.05, 3.63) is 59.2 Å². The third-order valence-corrected chi connectivity index (χ3v) is 8.58. The van der Waals surface area contributed by atoms with Crippen molar-refractivity contribution >= 4 is 0 Å². The van der Waals surface area contributed by atoms with E-state index >= 15 is 0 Å². The summed E-state index contributed by atoms with van der Waals surface area (Å²) in [5, 5.41) is 32.6. The molecule has 184 valence electrons. The number of rotatable bonds is 11. The Kier molecular flexibility index (Phi) is 7.14. The highest BCUT2D eigenvalue weighted by molar-refractivity contribution is 5.36. The summed E-state index contributed by atoms with van der Waals surface area (Å²) in [6, 6.07) is 13.3. The van der Waals surface area contributed by atoms with Crippen molar-refractivity contribution in [2.75, 3.05) is 19.7 Å². The van der Waals surface area contributed by atoms with Gasteiger partial charge in [-0.2, -0.15) is 0 Å². The van der Waals surface area contributed by atoms with Crippen LogP contribution >= 0.6 is 0 Å². The number of hydrogen-bond acceptors (Lipinski definition) is 5. The van der Waals surface area contributed by atoms with Crippen molar-refractivity contribution in [1.29, 1.82) is 0 Å². The third-order valence-electron chi connectivity index (χ3n) is 8.58. The second kappa shape index (κ2) is 10.3. The number of aromatic hydroxyl groups is 1. The molecule has 4 aliphatic rings. The molecule has 2 aromatic rings. The average molecular weight is 466 g/mol. The first-order valence-electron chi connectivity index (χ1n) is 13.0. The zero-order chi connectivity index (χ0) is 23.5. The van der Waals surface area contributed by atoms with E-state index < -0.39 is 6.10 Å².